The zero-order valence-corrected chi connectivity index (χ0v) is 15.6. The van der Waals surface area contributed by atoms with Gasteiger partial charge in [0, 0.05) is 17.7 Å². The quantitative estimate of drug-likeness (QED) is 0.359. The van der Waals surface area contributed by atoms with Crippen LogP contribution >= 0.6 is 0 Å². The molecule has 1 heterocycles. The maximum absolute atomic E-state index is 13.0. The van der Waals surface area contributed by atoms with Crippen LogP contribution in [0, 0.1) is 10.1 Å². The normalized spacial score (nSPS) is 18.1. The van der Waals surface area contributed by atoms with Crippen molar-refractivity contribution in [2.24, 2.45) is 0 Å². The molecule has 1 saturated heterocycles. The molecular formula is C22H18N2O5. The van der Waals surface area contributed by atoms with Crippen molar-refractivity contribution in [1.29, 1.82) is 0 Å². The first-order valence-electron chi connectivity index (χ1n) is 9.02. The molecule has 29 heavy (non-hydrogen) atoms. The molecular weight excluding hydrogens is 372 g/mol. The number of non-ortho nitro benzene ring substituents is 1. The van der Waals surface area contributed by atoms with E-state index in [1.54, 1.807) is 31.4 Å². The lowest BCUT2D eigenvalue weighted by atomic mass is 9.89. The number of hydrogen-bond donors (Lipinski definition) is 0. The molecule has 3 aromatic rings. The second-order valence-electron chi connectivity index (χ2n) is 6.52. The molecule has 7 nitrogen and oxygen atoms in total. The Balaban J connectivity index is 1.75. The number of carbonyl (C=O) groups excluding carboxylic acids is 1. The number of hydrogen-bond acceptors (Lipinski definition) is 5. The predicted octanol–water partition coefficient (Wildman–Crippen LogP) is 4.14. The minimum Gasteiger partial charge on any atom is -0.496 e. The largest absolute Gasteiger partial charge is 0.496 e. The number of nitrogens with zero attached hydrogens (tertiary/aromatic N) is 2. The van der Waals surface area contributed by atoms with Crippen molar-refractivity contribution in [3.05, 3.63) is 94.5 Å². The van der Waals surface area contributed by atoms with Gasteiger partial charge in [0.2, 0.25) is 6.10 Å². The van der Waals surface area contributed by atoms with Crippen molar-refractivity contribution in [1.82, 2.24) is 0 Å². The summed E-state index contributed by atoms with van der Waals surface area (Å²) < 4.78 is 11.5. The van der Waals surface area contributed by atoms with Gasteiger partial charge in [0.15, 0.2) is 0 Å². The third-order valence-corrected chi connectivity index (χ3v) is 4.83. The molecule has 2 atom stereocenters. The maximum atomic E-state index is 13.0. The Morgan fingerprint density at radius 1 is 0.966 bits per heavy atom. The number of nitro benzene ring substituents is 1. The smallest absolute Gasteiger partial charge is 0.271 e. The Bertz CT molecular complexity index is 1050. The topological polar surface area (TPSA) is 81.9 Å². The van der Waals surface area contributed by atoms with E-state index in [-0.39, 0.29) is 11.6 Å². The summed E-state index contributed by atoms with van der Waals surface area (Å²) in [5, 5.41) is 11.2. The molecule has 0 saturated carbocycles. The number of nitro groups is 1. The molecule has 146 valence electrons. The van der Waals surface area contributed by atoms with Crippen LogP contribution in [0.1, 0.15) is 11.6 Å². The standard InChI is InChI=1S/C22H18N2O5/c1-28-19-13-6-5-12-18(19)20-21(29-17-10-3-2-4-11-17)22(25)23(20)15-8-7-9-16(14-15)24(26)27/h2-14,20-21H,1H3/t20-,21-/m0/s1. The van der Waals surface area contributed by atoms with Gasteiger partial charge in [-0.1, -0.05) is 42.5 Å². The Hall–Kier alpha value is -3.87. The van der Waals surface area contributed by atoms with Crippen molar-refractivity contribution in [2.75, 3.05) is 12.0 Å². The highest BCUT2D eigenvalue weighted by atomic mass is 16.6. The van der Waals surface area contributed by atoms with E-state index in [4.69, 9.17) is 9.47 Å². The summed E-state index contributed by atoms with van der Waals surface area (Å²) in [6, 6.07) is 22.0. The number of amides is 1. The molecule has 0 radical (unpaired) electrons. The average Bonchev–Trinajstić information content (AvgIpc) is 2.76. The molecule has 0 N–H and O–H groups in total. The first kappa shape index (κ1) is 18.5. The first-order chi connectivity index (χ1) is 14.1. The SMILES string of the molecule is COc1ccccc1[C@H]1[C@H](Oc2ccccc2)C(=O)N1c1cccc([N+](=O)[O-])c1. The van der Waals surface area contributed by atoms with E-state index in [1.165, 1.54) is 17.0 Å². The molecule has 0 bridgehead atoms. The van der Waals surface area contributed by atoms with Crippen molar-refractivity contribution in [3.8, 4) is 11.5 Å². The van der Waals surface area contributed by atoms with E-state index in [0.717, 1.165) is 5.56 Å². The monoisotopic (exact) mass is 390 g/mol. The van der Waals surface area contributed by atoms with Gasteiger partial charge in [-0.3, -0.25) is 19.8 Å². The molecule has 0 aromatic heterocycles. The van der Waals surface area contributed by atoms with Crippen LogP contribution in [0.4, 0.5) is 11.4 Å². The van der Waals surface area contributed by atoms with Gasteiger partial charge in [-0.05, 0) is 24.3 Å². The van der Waals surface area contributed by atoms with Crippen molar-refractivity contribution < 1.29 is 19.2 Å². The zero-order valence-electron chi connectivity index (χ0n) is 15.6. The Morgan fingerprint density at radius 2 is 1.69 bits per heavy atom. The van der Waals surface area contributed by atoms with E-state index in [0.29, 0.717) is 17.2 Å². The second-order valence-corrected chi connectivity index (χ2v) is 6.52. The highest BCUT2D eigenvalue weighted by molar-refractivity contribution is 6.05. The molecule has 3 aromatic carbocycles. The van der Waals surface area contributed by atoms with Gasteiger partial charge in [0.25, 0.3) is 11.6 Å². The number of methoxy groups -OCH3 is 1. The van der Waals surface area contributed by atoms with Crippen LogP contribution in [0.5, 0.6) is 11.5 Å². The fraction of sp³-hybridized carbons (Fsp3) is 0.136. The summed E-state index contributed by atoms with van der Waals surface area (Å²) in [5.41, 5.74) is 1.12. The van der Waals surface area contributed by atoms with E-state index in [9.17, 15) is 14.9 Å². The van der Waals surface area contributed by atoms with Crippen LogP contribution in [-0.4, -0.2) is 24.0 Å². The first-order valence-corrected chi connectivity index (χ1v) is 9.02. The highest BCUT2D eigenvalue weighted by Gasteiger charge is 2.52. The highest BCUT2D eigenvalue weighted by Crippen LogP contribution is 2.44. The molecule has 1 aliphatic rings. The minimum atomic E-state index is -0.770. The fourth-order valence-electron chi connectivity index (χ4n) is 3.48. The third-order valence-electron chi connectivity index (χ3n) is 4.83. The van der Waals surface area contributed by atoms with Gasteiger partial charge in [-0.15, -0.1) is 0 Å². The van der Waals surface area contributed by atoms with Gasteiger partial charge in [-0.25, -0.2) is 0 Å². The van der Waals surface area contributed by atoms with E-state index in [2.05, 4.69) is 0 Å². The third kappa shape index (κ3) is 3.38. The molecule has 1 fully saturated rings. The summed E-state index contributed by atoms with van der Waals surface area (Å²) >= 11 is 0. The van der Waals surface area contributed by atoms with Crippen LogP contribution in [-0.2, 0) is 4.79 Å². The Labute approximate surface area is 167 Å². The molecule has 1 amide bonds. The van der Waals surface area contributed by atoms with Gasteiger partial charge in [0.05, 0.1) is 17.7 Å². The number of carbonyl (C=O) groups is 1. The van der Waals surface area contributed by atoms with Gasteiger partial charge in [-0.2, -0.15) is 0 Å². The summed E-state index contributed by atoms with van der Waals surface area (Å²) in [7, 11) is 1.56. The van der Waals surface area contributed by atoms with Crippen LogP contribution < -0.4 is 14.4 Å². The maximum Gasteiger partial charge on any atom is 0.271 e. The Morgan fingerprint density at radius 3 is 2.41 bits per heavy atom. The number of β-lactam (4-membered cyclic amide) rings is 1. The van der Waals surface area contributed by atoms with Crippen molar-refractivity contribution in [3.63, 3.8) is 0 Å². The lowest BCUT2D eigenvalue weighted by molar-refractivity contribution is -0.384. The molecule has 7 heteroatoms. The van der Waals surface area contributed by atoms with Crippen LogP contribution in [0.3, 0.4) is 0 Å². The van der Waals surface area contributed by atoms with Gasteiger partial charge in [0.1, 0.15) is 17.5 Å². The fourth-order valence-corrected chi connectivity index (χ4v) is 3.48. The molecule has 1 aliphatic heterocycles. The predicted molar refractivity (Wildman–Crippen MR) is 107 cm³/mol. The summed E-state index contributed by atoms with van der Waals surface area (Å²) in [5.74, 6) is 0.914. The number of para-hydroxylation sites is 2. The lowest BCUT2D eigenvalue weighted by Gasteiger charge is -2.46. The zero-order chi connectivity index (χ0) is 20.4. The van der Waals surface area contributed by atoms with E-state index >= 15 is 0 Å². The van der Waals surface area contributed by atoms with Gasteiger partial charge < -0.3 is 9.47 Å². The van der Waals surface area contributed by atoms with Crippen LogP contribution in [0.25, 0.3) is 0 Å². The van der Waals surface area contributed by atoms with Crippen LogP contribution in [0.2, 0.25) is 0 Å². The Kier molecular flexibility index (Phi) is 4.87. The minimum absolute atomic E-state index is 0.0819. The molecule has 0 aliphatic carbocycles. The number of rotatable bonds is 6. The molecule has 0 spiro atoms. The van der Waals surface area contributed by atoms with E-state index < -0.39 is 17.1 Å². The number of benzene rings is 3. The van der Waals surface area contributed by atoms with Crippen molar-refractivity contribution >= 4 is 17.3 Å². The number of ether oxygens (including phenoxy) is 2. The van der Waals surface area contributed by atoms with Crippen molar-refractivity contribution in [2.45, 2.75) is 12.1 Å². The number of anilines is 1. The lowest BCUT2D eigenvalue weighted by Crippen LogP contribution is -2.61. The summed E-state index contributed by atoms with van der Waals surface area (Å²) in [6.07, 6.45) is -0.770. The molecule has 0 unspecified atom stereocenters. The second kappa shape index (κ2) is 7.63. The summed E-state index contributed by atoms with van der Waals surface area (Å²) in [6.45, 7) is 0. The molecule has 4 rings (SSSR count). The average molecular weight is 390 g/mol. The van der Waals surface area contributed by atoms with E-state index in [1.807, 2.05) is 42.5 Å². The van der Waals surface area contributed by atoms with Gasteiger partial charge >= 0.3 is 0 Å². The van der Waals surface area contributed by atoms with Crippen LogP contribution in [0.15, 0.2) is 78.9 Å². The summed E-state index contributed by atoms with van der Waals surface area (Å²) in [4.78, 5) is 25.2.